The molecule has 4 nitrogen and oxygen atoms in total. The molecule has 2 aromatic rings. The van der Waals surface area contributed by atoms with Crippen LogP contribution in [0.5, 0.6) is 11.5 Å². The van der Waals surface area contributed by atoms with Crippen LogP contribution in [-0.4, -0.2) is 19.2 Å². The molecule has 0 saturated heterocycles. The standard InChI is InChI=1S/C30H28O4/c1-4-32-20(3)28-19(2)14-23-17-24(15-22-11-13-26-27(16-22)34-18-33-26)30(31)29(23)25(28)12-10-21-8-6-5-7-9-21/h5-16,25,29H,3-4,17-18H2,1-2H3/b12-10+,24-15-. The van der Waals surface area contributed by atoms with Gasteiger partial charge < -0.3 is 14.2 Å². The van der Waals surface area contributed by atoms with E-state index in [1.807, 2.05) is 49.4 Å². The second-order valence-electron chi connectivity index (χ2n) is 8.77. The lowest BCUT2D eigenvalue weighted by atomic mass is 9.74. The SMILES string of the molecule is C=C(OCC)C1=C(C)C=C2C/C(=C/c3ccc4c(c3)OCO4)C(=O)C2C1/C=C/c1ccccc1. The predicted molar refractivity (Wildman–Crippen MR) is 134 cm³/mol. The fourth-order valence-corrected chi connectivity index (χ4v) is 5.08. The summed E-state index contributed by atoms with van der Waals surface area (Å²) in [5.74, 6) is 1.86. The fraction of sp³-hybridized carbons (Fsp3) is 0.233. The summed E-state index contributed by atoms with van der Waals surface area (Å²) in [5, 5.41) is 0. The van der Waals surface area contributed by atoms with Crippen molar-refractivity contribution in [1.82, 2.24) is 0 Å². The second kappa shape index (κ2) is 9.22. The molecule has 1 fully saturated rings. The van der Waals surface area contributed by atoms with Crippen LogP contribution < -0.4 is 9.47 Å². The molecule has 2 atom stereocenters. The third-order valence-corrected chi connectivity index (χ3v) is 6.56. The summed E-state index contributed by atoms with van der Waals surface area (Å²) in [6.45, 7) is 8.99. The Morgan fingerprint density at radius 2 is 1.91 bits per heavy atom. The summed E-state index contributed by atoms with van der Waals surface area (Å²) < 4.78 is 16.7. The van der Waals surface area contributed by atoms with Crippen molar-refractivity contribution in [3.8, 4) is 11.5 Å². The Morgan fingerprint density at radius 1 is 1.12 bits per heavy atom. The van der Waals surface area contributed by atoms with Crippen LogP contribution in [0.2, 0.25) is 0 Å². The molecule has 0 aromatic heterocycles. The van der Waals surface area contributed by atoms with Gasteiger partial charge in [0.25, 0.3) is 0 Å². The highest BCUT2D eigenvalue weighted by Gasteiger charge is 2.43. The van der Waals surface area contributed by atoms with Crippen LogP contribution in [0.25, 0.3) is 12.2 Å². The number of carbonyl (C=O) groups excluding carboxylic acids is 1. The minimum atomic E-state index is -0.254. The van der Waals surface area contributed by atoms with Gasteiger partial charge in [0.2, 0.25) is 6.79 Å². The number of fused-ring (bicyclic) bond motifs is 2. The molecule has 2 unspecified atom stereocenters. The summed E-state index contributed by atoms with van der Waals surface area (Å²) in [6.07, 6.45) is 8.99. The molecule has 3 aliphatic rings. The first kappa shape index (κ1) is 22.0. The number of allylic oxidation sites excluding steroid dienone is 6. The van der Waals surface area contributed by atoms with Crippen molar-refractivity contribution < 1.29 is 19.0 Å². The molecule has 5 rings (SSSR count). The monoisotopic (exact) mass is 452 g/mol. The van der Waals surface area contributed by atoms with Crippen molar-refractivity contribution in [3.63, 3.8) is 0 Å². The first-order chi connectivity index (χ1) is 16.5. The normalized spacial score (nSPS) is 22.4. The van der Waals surface area contributed by atoms with E-state index in [4.69, 9.17) is 14.2 Å². The van der Waals surface area contributed by atoms with E-state index >= 15 is 0 Å². The molecule has 2 aromatic carbocycles. The Morgan fingerprint density at radius 3 is 2.71 bits per heavy atom. The lowest BCUT2D eigenvalue weighted by Crippen LogP contribution is -2.25. The van der Waals surface area contributed by atoms with Gasteiger partial charge in [0, 0.05) is 17.1 Å². The number of rotatable bonds is 6. The molecule has 34 heavy (non-hydrogen) atoms. The molecule has 0 spiro atoms. The van der Waals surface area contributed by atoms with E-state index in [-0.39, 0.29) is 24.4 Å². The average molecular weight is 453 g/mol. The third-order valence-electron chi connectivity index (χ3n) is 6.56. The van der Waals surface area contributed by atoms with E-state index in [0.717, 1.165) is 39.2 Å². The van der Waals surface area contributed by atoms with Crippen LogP contribution in [0.3, 0.4) is 0 Å². The van der Waals surface area contributed by atoms with Gasteiger partial charge in [0.05, 0.1) is 12.5 Å². The van der Waals surface area contributed by atoms with Crippen molar-refractivity contribution in [1.29, 1.82) is 0 Å². The van der Waals surface area contributed by atoms with Crippen molar-refractivity contribution >= 4 is 17.9 Å². The zero-order valence-corrected chi connectivity index (χ0v) is 19.5. The van der Waals surface area contributed by atoms with Gasteiger partial charge >= 0.3 is 0 Å². The summed E-state index contributed by atoms with van der Waals surface area (Å²) >= 11 is 0. The van der Waals surface area contributed by atoms with Crippen LogP contribution in [0.1, 0.15) is 31.4 Å². The molecule has 4 heteroatoms. The number of hydrogen-bond acceptors (Lipinski definition) is 4. The maximum atomic E-state index is 13.7. The van der Waals surface area contributed by atoms with Gasteiger partial charge in [-0.05, 0) is 55.2 Å². The van der Waals surface area contributed by atoms with Crippen LogP contribution in [0.4, 0.5) is 0 Å². The van der Waals surface area contributed by atoms with E-state index in [2.05, 4.69) is 43.9 Å². The van der Waals surface area contributed by atoms with Crippen molar-refractivity contribution in [3.05, 3.63) is 106 Å². The molecule has 0 N–H and O–H groups in total. The van der Waals surface area contributed by atoms with Crippen molar-refractivity contribution in [2.24, 2.45) is 11.8 Å². The number of ether oxygens (including phenoxy) is 3. The van der Waals surface area contributed by atoms with Crippen LogP contribution in [-0.2, 0) is 9.53 Å². The number of ketones is 1. The zero-order valence-electron chi connectivity index (χ0n) is 19.5. The van der Waals surface area contributed by atoms with Gasteiger partial charge in [-0.2, -0.15) is 0 Å². The fourth-order valence-electron chi connectivity index (χ4n) is 5.08. The smallest absolute Gasteiger partial charge is 0.231 e. The molecule has 1 aliphatic heterocycles. The van der Waals surface area contributed by atoms with Gasteiger partial charge in [-0.25, -0.2) is 0 Å². The lowest BCUT2D eigenvalue weighted by molar-refractivity contribution is -0.117. The van der Waals surface area contributed by atoms with Gasteiger partial charge in [-0.1, -0.05) is 66.8 Å². The molecule has 1 heterocycles. The first-order valence-corrected chi connectivity index (χ1v) is 11.7. The lowest BCUT2D eigenvalue weighted by Gasteiger charge is -2.30. The number of hydrogen-bond donors (Lipinski definition) is 0. The molecule has 0 bridgehead atoms. The highest BCUT2D eigenvalue weighted by Crippen LogP contribution is 2.47. The summed E-state index contributed by atoms with van der Waals surface area (Å²) in [5.41, 5.74) is 6.09. The molecule has 2 aliphatic carbocycles. The van der Waals surface area contributed by atoms with Crippen molar-refractivity contribution in [2.45, 2.75) is 20.3 Å². The van der Waals surface area contributed by atoms with Crippen LogP contribution in [0.15, 0.2) is 95.3 Å². The van der Waals surface area contributed by atoms with Gasteiger partial charge in [-0.3, -0.25) is 4.79 Å². The second-order valence-corrected chi connectivity index (χ2v) is 8.77. The third kappa shape index (κ3) is 4.12. The Balaban J connectivity index is 1.51. The topological polar surface area (TPSA) is 44.8 Å². The molecule has 0 amide bonds. The Bertz CT molecular complexity index is 1260. The number of benzene rings is 2. The highest BCUT2D eigenvalue weighted by atomic mass is 16.7. The Kier molecular flexibility index (Phi) is 5.97. The summed E-state index contributed by atoms with van der Waals surface area (Å²) in [7, 11) is 0. The molecular weight excluding hydrogens is 424 g/mol. The zero-order chi connectivity index (χ0) is 23.7. The van der Waals surface area contributed by atoms with Crippen molar-refractivity contribution in [2.75, 3.05) is 13.4 Å². The minimum Gasteiger partial charge on any atom is -0.494 e. The van der Waals surface area contributed by atoms with Gasteiger partial charge in [0.15, 0.2) is 17.3 Å². The van der Waals surface area contributed by atoms with Crippen LogP contribution >= 0.6 is 0 Å². The van der Waals surface area contributed by atoms with Gasteiger partial charge in [0.1, 0.15) is 5.76 Å². The molecule has 0 radical (unpaired) electrons. The quantitative estimate of drug-likeness (QED) is 0.370. The molecule has 1 saturated carbocycles. The highest BCUT2D eigenvalue weighted by molar-refractivity contribution is 6.07. The number of Topliss-reactive ketones (excluding diaryl/α,β-unsaturated/α-hetero) is 1. The summed E-state index contributed by atoms with van der Waals surface area (Å²) in [6, 6.07) is 15.9. The average Bonchev–Trinajstić information content (AvgIpc) is 3.42. The van der Waals surface area contributed by atoms with Crippen LogP contribution in [0, 0.1) is 11.8 Å². The Hall–Kier alpha value is -3.79. The predicted octanol–water partition coefficient (Wildman–Crippen LogP) is 6.52. The first-order valence-electron chi connectivity index (χ1n) is 11.7. The maximum absolute atomic E-state index is 13.7. The number of carbonyl (C=O) groups is 1. The molecule has 172 valence electrons. The largest absolute Gasteiger partial charge is 0.494 e. The van der Waals surface area contributed by atoms with Gasteiger partial charge in [-0.15, -0.1) is 0 Å². The summed E-state index contributed by atoms with van der Waals surface area (Å²) in [4.78, 5) is 13.7. The minimum absolute atomic E-state index is 0.130. The van der Waals surface area contributed by atoms with E-state index in [9.17, 15) is 4.79 Å². The maximum Gasteiger partial charge on any atom is 0.231 e. The molecular formula is C30H28O4. The van der Waals surface area contributed by atoms with E-state index < -0.39 is 0 Å². The van der Waals surface area contributed by atoms with E-state index in [1.165, 1.54) is 0 Å². The van der Waals surface area contributed by atoms with E-state index in [1.54, 1.807) is 0 Å². The Labute approximate surface area is 200 Å². The van der Waals surface area contributed by atoms with E-state index in [0.29, 0.717) is 24.5 Å².